The summed E-state index contributed by atoms with van der Waals surface area (Å²) in [6.07, 6.45) is 17.1. The van der Waals surface area contributed by atoms with E-state index in [0.717, 1.165) is 13.1 Å². The Morgan fingerprint density at radius 1 is 0.500 bits per heavy atom. The van der Waals surface area contributed by atoms with Crippen LogP contribution in [-0.2, 0) is 13.1 Å². The van der Waals surface area contributed by atoms with Gasteiger partial charge in [-0.15, -0.1) is 0 Å². The van der Waals surface area contributed by atoms with Crippen LogP contribution in [0.3, 0.4) is 0 Å². The van der Waals surface area contributed by atoms with Gasteiger partial charge in [0.1, 0.15) is 13.1 Å². The molecule has 0 saturated heterocycles. The van der Waals surface area contributed by atoms with Crippen molar-refractivity contribution in [2.24, 2.45) is 0 Å². The first kappa shape index (κ1) is 29.0. The van der Waals surface area contributed by atoms with Gasteiger partial charge in [0.15, 0.2) is 24.8 Å². The van der Waals surface area contributed by atoms with Crippen LogP contribution in [0.5, 0.6) is 0 Å². The fourth-order valence-corrected chi connectivity index (χ4v) is 2.73. The second-order valence-electron chi connectivity index (χ2n) is 6.26. The normalized spacial score (nSPS) is 9.88. The van der Waals surface area contributed by atoms with Crippen molar-refractivity contribution in [2.45, 2.75) is 68.5 Å². The molecule has 0 radical (unpaired) electrons. The van der Waals surface area contributed by atoms with Crippen LogP contribution in [-0.4, -0.2) is 0 Å². The average Bonchev–Trinajstić information content (AvgIpc) is 2.90. The number of rotatable bonds is 6. The maximum Gasteiger partial charge on any atom is 0.169 e. The van der Waals surface area contributed by atoms with E-state index in [4.69, 9.17) is 0 Å². The van der Waals surface area contributed by atoms with Gasteiger partial charge < -0.3 is 0 Å². The topological polar surface area (TPSA) is 7.76 Å². The molecule has 0 aliphatic heterocycles. The molecule has 1 aromatic carbocycles. The van der Waals surface area contributed by atoms with Gasteiger partial charge in [0.2, 0.25) is 0 Å². The Balaban J connectivity index is 0.00000148. The van der Waals surface area contributed by atoms with Crippen molar-refractivity contribution in [1.29, 1.82) is 0 Å². The highest BCUT2D eigenvalue weighted by atomic mass is 14.9. The molecule has 2 aromatic heterocycles. The van der Waals surface area contributed by atoms with Crippen molar-refractivity contribution in [3.63, 3.8) is 0 Å². The van der Waals surface area contributed by atoms with E-state index in [1.54, 1.807) is 0 Å². The Morgan fingerprint density at radius 2 is 0.812 bits per heavy atom. The molecule has 172 valence electrons. The monoisotopic (exact) mass is 432 g/mol. The average molecular weight is 433 g/mol. The summed E-state index contributed by atoms with van der Waals surface area (Å²) in [5.74, 6) is 0. The molecule has 0 bridgehead atoms. The van der Waals surface area contributed by atoms with Crippen LogP contribution in [0.2, 0.25) is 0 Å². The van der Waals surface area contributed by atoms with Crippen molar-refractivity contribution >= 4 is 24.3 Å². The predicted molar refractivity (Wildman–Crippen MR) is 143 cm³/mol. The summed E-state index contributed by atoms with van der Waals surface area (Å²) >= 11 is 0. The third-order valence-electron chi connectivity index (χ3n) is 4.41. The third kappa shape index (κ3) is 10.9. The number of hydrogen-bond acceptors (Lipinski definition) is 0. The minimum absolute atomic E-state index is 0.998. The molecule has 0 aliphatic rings. The van der Waals surface area contributed by atoms with E-state index in [1.165, 1.54) is 22.3 Å². The molecule has 0 aliphatic carbocycles. The van der Waals surface area contributed by atoms with Crippen LogP contribution >= 0.6 is 0 Å². The summed E-state index contributed by atoms with van der Waals surface area (Å²) in [6, 6.07) is 17.1. The van der Waals surface area contributed by atoms with Crippen molar-refractivity contribution in [2.75, 3.05) is 0 Å². The summed E-state index contributed by atoms with van der Waals surface area (Å²) < 4.78 is 4.32. The van der Waals surface area contributed by atoms with Crippen LogP contribution in [0.4, 0.5) is 0 Å². The Bertz CT molecular complexity index is 816. The van der Waals surface area contributed by atoms with Crippen LogP contribution in [0, 0.1) is 0 Å². The van der Waals surface area contributed by atoms with E-state index in [2.05, 4.69) is 121 Å². The quantitative estimate of drug-likeness (QED) is 0.352. The molecule has 2 heterocycles. The van der Waals surface area contributed by atoms with Crippen molar-refractivity contribution in [3.05, 3.63) is 95.6 Å². The molecule has 3 rings (SSSR count). The van der Waals surface area contributed by atoms with Gasteiger partial charge in [-0.25, -0.2) is 9.13 Å². The molecular weight excluding hydrogens is 388 g/mol. The van der Waals surface area contributed by atoms with E-state index >= 15 is 0 Å². The molecule has 0 atom stereocenters. The zero-order chi connectivity index (χ0) is 24.2. The Labute approximate surface area is 197 Å². The zero-order valence-electron chi connectivity index (χ0n) is 21.5. The minimum atomic E-state index is 0.998. The van der Waals surface area contributed by atoms with E-state index in [0.29, 0.717) is 0 Å². The van der Waals surface area contributed by atoms with E-state index in [1.807, 2.05) is 41.5 Å². The summed E-state index contributed by atoms with van der Waals surface area (Å²) in [5.41, 5.74) is 4.83. The first-order valence-electron chi connectivity index (χ1n) is 12.2. The molecule has 0 spiro atoms. The lowest BCUT2D eigenvalue weighted by Gasteiger charge is -1.98. The second kappa shape index (κ2) is 18.7. The van der Waals surface area contributed by atoms with E-state index in [-0.39, 0.29) is 0 Å². The number of benzene rings is 1. The van der Waals surface area contributed by atoms with Crippen molar-refractivity contribution < 1.29 is 9.13 Å². The highest BCUT2D eigenvalue weighted by Crippen LogP contribution is 2.12. The van der Waals surface area contributed by atoms with Gasteiger partial charge in [-0.05, 0) is 42.2 Å². The van der Waals surface area contributed by atoms with Crippen molar-refractivity contribution in [3.8, 4) is 0 Å². The SMILES string of the molecule is CC.CC.CC.CC[n+]1ccc(/C=C/c2cccc(/C=C/c3cc[n+](CC)cc3)c2)cc1. The first-order valence-corrected chi connectivity index (χ1v) is 12.2. The van der Waals surface area contributed by atoms with Gasteiger partial charge in [0.25, 0.3) is 0 Å². The summed E-state index contributed by atoms with van der Waals surface area (Å²) in [5, 5.41) is 0. The molecule has 0 N–H and O–H groups in total. The summed E-state index contributed by atoms with van der Waals surface area (Å²) in [4.78, 5) is 0. The van der Waals surface area contributed by atoms with Crippen LogP contribution in [0.15, 0.2) is 73.3 Å². The van der Waals surface area contributed by atoms with E-state index < -0.39 is 0 Å². The van der Waals surface area contributed by atoms with Crippen LogP contribution in [0.25, 0.3) is 24.3 Å². The van der Waals surface area contributed by atoms with Gasteiger partial charge in [0, 0.05) is 24.3 Å². The van der Waals surface area contributed by atoms with Gasteiger partial charge in [-0.2, -0.15) is 0 Å². The zero-order valence-corrected chi connectivity index (χ0v) is 21.5. The lowest BCUT2D eigenvalue weighted by molar-refractivity contribution is -0.693. The number of aromatic nitrogens is 2. The van der Waals surface area contributed by atoms with Gasteiger partial charge >= 0.3 is 0 Å². The lowest BCUT2D eigenvalue weighted by atomic mass is 10.1. The van der Waals surface area contributed by atoms with Gasteiger partial charge in [0.05, 0.1) is 0 Å². The Morgan fingerprint density at radius 3 is 1.12 bits per heavy atom. The highest BCUT2D eigenvalue weighted by Gasteiger charge is 1.97. The first-order chi connectivity index (χ1) is 15.8. The summed E-state index contributed by atoms with van der Waals surface area (Å²) in [6.45, 7) is 18.3. The fourth-order valence-electron chi connectivity index (χ4n) is 2.73. The van der Waals surface area contributed by atoms with E-state index in [9.17, 15) is 0 Å². The van der Waals surface area contributed by atoms with Gasteiger partial charge in [-0.3, -0.25) is 0 Å². The van der Waals surface area contributed by atoms with Crippen LogP contribution in [0.1, 0.15) is 77.6 Å². The third-order valence-corrected chi connectivity index (χ3v) is 4.41. The highest BCUT2D eigenvalue weighted by molar-refractivity contribution is 5.73. The second-order valence-corrected chi connectivity index (χ2v) is 6.26. The molecule has 0 amide bonds. The summed E-state index contributed by atoms with van der Waals surface area (Å²) in [7, 11) is 0. The molecule has 3 aromatic rings. The number of hydrogen-bond donors (Lipinski definition) is 0. The molecule has 2 heteroatoms. The predicted octanol–water partition coefficient (Wildman–Crippen LogP) is 7.72. The molecular formula is C30H44N2+2. The number of pyridine rings is 2. The Kier molecular flexibility index (Phi) is 17.0. The molecule has 2 nitrogen and oxygen atoms in total. The lowest BCUT2D eigenvalue weighted by Crippen LogP contribution is -2.30. The van der Waals surface area contributed by atoms with Crippen molar-refractivity contribution in [1.82, 2.24) is 0 Å². The molecule has 0 fully saturated rings. The standard InChI is InChI=1S/C24H26N2.3C2H6/c1-3-25-16-12-21(13-17-25)8-10-23-6-5-7-24(20-23)11-9-22-14-18-26(4-2)19-15-22;3*1-2/h5-20H,3-4H2,1-2H3;3*1-2H3/q+2;;;/b10-8+,11-9+;;;. The fraction of sp³-hybridized carbons (Fsp3) is 0.333. The largest absolute Gasteiger partial charge is 0.205 e. The smallest absolute Gasteiger partial charge is 0.169 e. The van der Waals surface area contributed by atoms with Crippen LogP contribution < -0.4 is 9.13 Å². The molecule has 32 heavy (non-hydrogen) atoms. The maximum absolute atomic E-state index is 2.21. The maximum atomic E-state index is 2.21. The number of nitrogens with zero attached hydrogens (tertiary/aromatic N) is 2. The molecule has 0 unspecified atom stereocenters. The minimum Gasteiger partial charge on any atom is -0.205 e. The number of aryl methyl sites for hydroxylation is 2. The Hall–Kier alpha value is -3.00. The van der Waals surface area contributed by atoms with Gasteiger partial charge in [-0.1, -0.05) is 84.0 Å². The molecule has 0 saturated carbocycles.